The molecule has 2 aromatic rings. The highest BCUT2D eigenvalue weighted by Crippen LogP contribution is 2.23. The topological polar surface area (TPSA) is 87.1 Å². The Bertz CT molecular complexity index is 522. The van der Waals surface area contributed by atoms with Gasteiger partial charge in [-0.05, 0) is 26.0 Å². The average molecular weight is 234 g/mol. The molecule has 0 aliphatic carbocycles. The lowest BCUT2D eigenvalue weighted by molar-refractivity contribution is 0.00973. The second-order valence-corrected chi connectivity index (χ2v) is 4.09. The highest BCUT2D eigenvalue weighted by molar-refractivity contribution is 5.50. The molecular weight excluding hydrogens is 220 g/mol. The summed E-state index contributed by atoms with van der Waals surface area (Å²) in [5.74, 6) is 1.21. The molecule has 0 fully saturated rings. The van der Waals surface area contributed by atoms with Crippen molar-refractivity contribution in [2.75, 3.05) is 12.8 Å². The summed E-state index contributed by atoms with van der Waals surface area (Å²) in [4.78, 5) is 8.35. The first-order chi connectivity index (χ1) is 8.03. The molecule has 2 aromatic heterocycles. The fraction of sp³-hybridized carbons (Fsp3) is 0.364. The maximum atomic E-state index is 5.59. The molecule has 2 N–H and O–H groups in total. The monoisotopic (exact) mass is 234 g/mol. The van der Waals surface area contributed by atoms with Crippen LogP contribution >= 0.6 is 0 Å². The van der Waals surface area contributed by atoms with Gasteiger partial charge < -0.3 is 15.0 Å². The summed E-state index contributed by atoms with van der Waals surface area (Å²) >= 11 is 0. The van der Waals surface area contributed by atoms with Gasteiger partial charge in [-0.1, -0.05) is 11.2 Å². The van der Waals surface area contributed by atoms with Crippen LogP contribution in [0.3, 0.4) is 0 Å². The zero-order chi connectivity index (χ0) is 12.5. The fourth-order valence-electron chi connectivity index (χ4n) is 1.23. The lowest BCUT2D eigenvalue weighted by atomic mass is 10.1. The molecule has 0 atom stereocenters. The minimum Gasteiger partial charge on any atom is -0.384 e. The predicted molar refractivity (Wildman–Crippen MR) is 62.0 cm³/mol. The quantitative estimate of drug-likeness (QED) is 0.867. The van der Waals surface area contributed by atoms with Crippen LogP contribution < -0.4 is 5.73 Å². The number of methoxy groups -OCH3 is 1. The second-order valence-electron chi connectivity index (χ2n) is 4.09. The highest BCUT2D eigenvalue weighted by Gasteiger charge is 2.26. The third kappa shape index (κ3) is 2.26. The summed E-state index contributed by atoms with van der Waals surface area (Å²) in [5, 5.41) is 3.87. The molecule has 90 valence electrons. The van der Waals surface area contributed by atoms with E-state index >= 15 is 0 Å². The molecule has 0 aromatic carbocycles. The van der Waals surface area contributed by atoms with Gasteiger partial charge in [-0.2, -0.15) is 4.98 Å². The van der Waals surface area contributed by atoms with E-state index in [-0.39, 0.29) is 0 Å². The maximum Gasteiger partial charge on any atom is 0.276 e. The predicted octanol–water partition coefficient (Wildman–Crippen LogP) is 1.60. The van der Waals surface area contributed by atoms with Crippen molar-refractivity contribution >= 4 is 5.82 Å². The molecule has 0 aliphatic rings. The summed E-state index contributed by atoms with van der Waals surface area (Å²) in [6, 6.07) is 5.23. The Morgan fingerprint density at radius 3 is 2.71 bits per heavy atom. The third-order valence-corrected chi connectivity index (χ3v) is 2.46. The zero-order valence-electron chi connectivity index (χ0n) is 9.97. The van der Waals surface area contributed by atoms with E-state index in [9.17, 15) is 0 Å². The number of nitrogen functional groups attached to an aromatic ring is 1. The molecule has 2 heterocycles. The molecule has 6 nitrogen and oxygen atoms in total. The van der Waals surface area contributed by atoms with Gasteiger partial charge in [0.15, 0.2) is 0 Å². The minimum absolute atomic E-state index is 0.331. The van der Waals surface area contributed by atoms with E-state index in [0.717, 1.165) is 0 Å². The number of pyridine rings is 1. The third-order valence-electron chi connectivity index (χ3n) is 2.46. The van der Waals surface area contributed by atoms with Crippen molar-refractivity contribution in [1.29, 1.82) is 0 Å². The van der Waals surface area contributed by atoms with Gasteiger partial charge in [-0.15, -0.1) is 0 Å². The van der Waals surface area contributed by atoms with Gasteiger partial charge in [0.25, 0.3) is 5.89 Å². The fourth-order valence-corrected chi connectivity index (χ4v) is 1.23. The summed E-state index contributed by atoms with van der Waals surface area (Å²) in [5.41, 5.74) is 5.55. The Balaban J connectivity index is 2.36. The second kappa shape index (κ2) is 4.14. The van der Waals surface area contributed by atoms with E-state index in [2.05, 4.69) is 15.1 Å². The van der Waals surface area contributed by atoms with Gasteiger partial charge in [0.1, 0.15) is 17.1 Å². The number of anilines is 1. The van der Waals surface area contributed by atoms with Crippen molar-refractivity contribution in [1.82, 2.24) is 15.1 Å². The van der Waals surface area contributed by atoms with Crippen LogP contribution in [0.5, 0.6) is 0 Å². The number of ether oxygens (including phenoxy) is 1. The van der Waals surface area contributed by atoms with Gasteiger partial charge >= 0.3 is 0 Å². The number of aromatic nitrogens is 3. The van der Waals surface area contributed by atoms with Crippen LogP contribution in [0.1, 0.15) is 19.7 Å². The maximum absolute atomic E-state index is 5.59. The zero-order valence-corrected chi connectivity index (χ0v) is 9.97. The van der Waals surface area contributed by atoms with Crippen molar-refractivity contribution in [3.05, 3.63) is 24.0 Å². The van der Waals surface area contributed by atoms with Crippen molar-refractivity contribution in [3.8, 4) is 11.6 Å². The number of hydrogen-bond acceptors (Lipinski definition) is 6. The summed E-state index contributed by atoms with van der Waals surface area (Å²) in [6.07, 6.45) is 0. The number of nitrogens with zero attached hydrogens (tertiary/aromatic N) is 3. The SMILES string of the molecule is COC(C)(C)c1noc(-c2cccc(N)n2)n1. The van der Waals surface area contributed by atoms with Crippen LogP contribution in [0.15, 0.2) is 22.7 Å². The van der Waals surface area contributed by atoms with Gasteiger partial charge in [0.2, 0.25) is 5.82 Å². The van der Waals surface area contributed by atoms with Gasteiger partial charge in [-0.25, -0.2) is 4.98 Å². The number of nitrogens with two attached hydrogens (primary N) is 1. The van der Waals surface area contributed by atoms with Crippen molar-refractivity contribution in [3.63, 3.8) is 0 Å². The molecule has 0 saturated heterocycles. The van der Waals surface area contributed by atoms with Crippen LogP contribution in [0.2, 0.25) is 0 Å². The van der Waals surface area contributed by atoms with E-state index in [0.29, 0.717) is 23.2 Å². The van der Waals surface area contributed by atoms with E-state index in [1.165, 1.54) is 0 Å². The van der Waals surface area contributed by atoms with Crippen molar-refractivity contribution < 1.29 is 9.26 Å². The Morgan fingerprint density at radius 1 is 1.29 bits per heavy atom. The highest BCUT2D eigenvalue weighted by atomic mass is 16.5. The molecular formula is C11H14N4O2. The molecule has 0 aliphatic heterocycles. The van der Waals surface area contributed by atoms with Crippen LogP contribution in [-0.2, 0) is 10.3 Å². The molecule has 0 spiro atoms. The van der Waals surface area contributed by atoms with Crippen molar-refractivity contribution in [2.45, 2.75) is 19.4 Å². The smallest absolute Gasteiger partial charge is 0.276 e. The van der Waals surface area contributed by atoms with Crippen molar-refractivity contribution in [2.24, 2.45) is 0 Å². The Labute approximate surface area is 98.8 Å². The normalized spacial score (nSPS) is 11.7. The van der Waals surface area contributed by atoms with Crippen LogP contribution in [0.4, 0.5) is 5.82 Å². The van der Waals surface area contributed by atoms with Gasteiger partial charge in [-0.3, -0.25) is 0 Å². The molecule has 0 unspecified atom stereocenters. The molecule has 0 radical (unpaired) electrons. The Hall–Kier alpha value is -1.95. The Morgan fingerprint density at radius 2 is 2.06 bits per heavy atom. The van der Waals surface area contributed by atoms with E-state index in [1.54, 1.807) is 25.3 Å². The molecule has 2 rings (SSSR count). The lowest BCUT2D eigenvalue weighted by Gasteiger charge is -2.17. The molecule has 17 heavy (non-hydrogen) atoms. The molecule has 0 amide bonds. The van der Waals surface area contributed by atoms with Crippen LogP contribution in [0.25, 0.3) is 11.6 Å². The molecule has 0 bridgehead atoms. The Kier molecular flexibility index (Phi) is 2.81. The first-order valence-corrected chi connectivity index (χ1v) is 5.15. The van der Waals surface area contributed by atoms with E-state index in [1.807, 2.05) is 13.8 Å². The average Bonchev–Trinajstić information content (AvgIpc) is 2.79. The molecule has 6 heteroatoms. The van der Waals surface area contributed by atoms with E-state index in [4.69, 9.17) is 15.0 Å². The first kappa shape index (κ1) is 11.5. The first-order valence-electron chi connectivity index (χ1n) is 5.15. The van der Waals surface area contributed by atoms with Crippen LogP contribution in [0, 0.1) is 0 Å². The largest absolute Gasteiger partial charge is 0.384 e. The minimum atomic E-state index is -0.595. The summed E-state index contributed by atoms with van der Waals surface area (Å²) in [7, 11) is 1.59. The van der Waals surface area contributed by atoms with Gasteiger partial charge in [0.05, 0.1) is 0 Å². The summed E-state index contributed by atoms with van der Waals surface area (Å²) in [6.45, 7) is 3.71. The standard InChI is InChI=1S/C11H14N4O2/c1-11(2,16-3)10-14-9(17-15-10)7-5-4-6-8(12)13-7/h4-6H,1-3H3,(H2,12,13). The van der Waals surface area contributed by atoms with Crippen LogP contribution in [-0.4, -0.2) is 22.2 Å². The lowest BCUT2D eigenvalue weighted by Crippen LogP contribution is -2.21. The molecule has 0 saturated carbocycles. The number of rotatable bonds is 3. The number of hydrogen-bond donors (Lipinski definition) is 1. The van der Waals surface area contributed by atoms with E-state index < -0.39 is 5.60 Å². The van der Waals surface area contributed by atoms with Gasteiger partial charge in [0, 0.05) is 7.11 Å². The summed E-state index contributed by atoms with van der Waals surface area (Å²) < 4.78 is 10.4.